The molecule has 0 saturated carbocycles. The van der Waals surface area contributed by atoms with Crippen molar-refractivity contribution in [2.75, 3.05) is 6.54 Å². The number of likely N-dealkylation sites (N-methyl/N-ethyl adjacent to an activating group) is 1. The number of hydrogen-bond acceptors (Lipinski definition) is 1. The van der Waals surface area contributed by atoms with Crippen LogP contribution in [0.15, 0.2) is 40.9 Å². The molecule has 112 valence electrons. The summed E-state index contributed by atoms with van der Waals surface area (Å²) in [6, 6.07) is 9.29. The summed E-state index contributed by atoms with van der Waals surface area (Å²) in [5.74, 6) is -0.748. The molecule has 5 heteroatoms. The first-order valence-electron chi connectivity index (χ1n) is 6.64. The molecule has 0 saturated heterocycles. The summed E-state index contributed by atoms with van der Waals surface area (Å²) < 4.78 is 28.3. The molecular formula is C16H15BrClF2N. The van der Waals surface area contributed by atoms with Gasteiger partial charge in [0.2, 0.25) is 0 Å². The summed E-state index contributed by atoms with van der Waals surface area (Å²) in [7, 11) is 0. The third-order valence-corrected chi connectivity index (χ3v) is 4.22. The van der Waals surface area contributed by atoms with E-state index in [-0.39, 0.29) is 16.9 Å². The minimum Gasteiger partial charge on any atom is -0.310 e. The lowest BCUT2D eigenvalue weighted by molar-refractivity contribution is 0.506. The molecule has 1 nitrogen and oxygen atoms in total. The van der Waals surface area contributed by atoms with Crippen LogP contribution >= 0.6 is 27.5 Å². The third-order valence-electron chi connectivity index (χ3n) is 3.22. The van der Waals surface area contributed by atoms with Gasteiger partial charge in [0.1, 0.15) is 11.6 Å². The Morgan fingerprint density at radius 2 is 1.95 bits per heavy atom. The SMILES string of the molecule is CCNC(Cc1ccc(Cl)c(F)c1)c1c(F)cccc1Br. The summed E-state index contributed by atoms with van der Waals surface area (Å²) in [6.45, 7) is 2.63. The molecule has 21 heavy (non-hydrogen) atoms. The molecule has 2 aromatic carbocycles. The highest BCUT2D eigenvalue weighted by Gasteiger charge is 2.19. The van der Waals surface area contributed by atoms with E-state index in [0.717, 1.165) is 5.56 Å². The van der Waals surface area contributed by atoms with Crippen molar-refractivity contribution in [2.45, 2.75) is 19.4 Å². The van der Waals surface area contributed by atoms with Crippen molar-refractivity contribution >= 4 is 27.5 Å². The average Bonchev–Trinajstić information content (AvgIpc) is 2.43. The van der Waals surface area contributed by atoms with E-state index in [1.165, 1.54) is 18.2 Å². The van der Waals surface area contributed by atoms with Crippen molar-refractivity contribution in [3.05, 3.63) is 68.7 Å². The second-order valence-corrected chi connectivity index (χ2v) is 5.96. The fraction of sp³-hybridized carbons (Fsp3) is 0.250. The first-order valence-corrected chi connectivity index (χ1v) is 7.81. The van der Waals surface area contributed by atoms with E-state index in [2.05, 4.69) is 21.2 Å². The number of nitrogens with one attached hydrogen (secondary N) is 1. The largest absolute Gasteiger partial charge is 0.310 e. The third kappa shape index (κ3) is 4.02. The minimum atomic E-state index is -0.461. The molecular weight excluding hydrogens is 360 g/mol. The standard InChI is InChI=1S/C16H15BrClF2N/c1-2-21-15(16-11(17)4-3-5-13(16)19)9-10-6-7-12(18)14(20)8-10/h3-8,15,21H,2,9H2,1H3. The van der Waals surface area contributed by atoms with Gasteiger partial charge in [-0.2, -0.15) is 0 Å². The highest BCUT2D eigenvalue weighted by Crippen LogP contribution is 2.29. The molecule has 0 amide bonds. The Balaban J connectivity index is 2.33. The molecule has 0 aliphatic rings. The zero-order valence-electron chi connectivity index (χ0n) is 11.5. The van der Waals surface area contributed by atoms with Gasteiger partial charge in [0.15, 0.2) is 0 Å². The zero-order valence-corrected chi connectivity index (χ0v) is 13.8. The van der Waals surface area contributed by atoms with Gasteiger partial charge in [0, 0.05) is 16.1 Å². The molecule has 2 aromatic rings. The van der Waals surface area contributed by atoms with Gasteiger partial charge in [-0.25, -0.2) is 8.78 Å². The molecule has 0 radical (unpaired) electrons. The van der Waals surface area contributed by atoms with Gasteiger partial charge in [0.05, 0.1) is 5.02 Å². The Morgan fingerprint density at radius 1 is 1.19 bits per heavy atom. The Morgan fingerprint density at radius 3 is 2.57 bits per heavy atom. The van der Waals surface area contributed by atoms with Gasteiger partial charge in [-0.05, 0) is 42.8 Å². The maximum absolute atomic E-state index is 14.1. The molecule has 1 atom stereocenters. The quantitative estimate of drug-likeness (QED) is 0.751. The van der Waals surface area contributed by atoms with Crippen molar-refractivity contribution in [1.82, 2.24) is 5.32 Å². The molecule has 0 fully saturated rings. The van der Waals surface area contributed by atoms with Gasteiger partial charge in [0.25, 0.3) is 0 Å². The van der Waals surface area contributed by atoms with Crippen LogP contribution in [0.5, 0.6) is 0 Å². The van der Waals surface area contributed by atoms with Crippen LogP contribution in [0.1, 0.15) is 24.1 Å². The molecule has 0 aliphatic heterocycles. The van der Waals surface area contributed by atoms with Crippen LogP contribution in [0.25, 0.3) is 0 Å². The highest BCUT2D eigenvalue weighted by molar-refractivity contribution is 9.10. The number of rotatable bonds is 5. The molecule has 0 heterocycles. The monoisotopic (exact) mass is 373 g/mol. The van der Waals surface area contributed by atoms with Gasteiger partial charge < -0.3 is 5.32 Å². The van der Waals surface area contributed by atoms with Crippen LogP contribution in [0.2, 0.25) is 5.02 Å². The summed E-state index contributed by atoms with van der Waals surface area (Å²) >= 11 is 9.07. The highest BCUT2D eigenvalue weighted by atomic mass is 79.9. The Labute approximate surface area is 136 Å². The topological polar surface area (TPSA) is 12.0 Å². The maximum Gasteiger partial charge on any atom is 0.142 e. The van der Waals surface area contributed by atoms with Crippen LogP contribution in [0.4, 0.5) is 8.78 Å². The van der Waals surface area contributed by atoms with Crippen LogP contribution in [0, 0.1) is 11.6 Å². The van der Waals surface area contributed by atoms with Crippen molar-refractivity contribution in [3.8, 4) is 0 Å². The molecule has 0 aliphatic carbocycles. The molecule has 0 spiro atoms. The number of hydrogen-bond donors (Lipinski definition) is 1. The Kier molecular flexibility index (Phi) is 5.73. The van der Waals surface area contributed by atoms with Crippen molar-refractivity contribution in [1.29, 1.82) is 0 Å². The normalized spacial score (nSPS) is 12.4. The Bertz CT molecular complexity index is 613. The summed E-state index contributed by atoms with van der Waals surface area (Å²) in [4.78, 5) is 0. The Hall–Kier alpha value is -0.970. The van der Waals surface area contributed by atoms with Crippen molar-refractivity contribution in [3.63, 3.8) is 0 Å². The second-order valence-electron chi connectivity index (χ2n) is 4.70. The lowest BCUT2D eigenvalue weighted by Gasteiger charge is -2.20. The summed E-state index contributed by atoms with van der Waals surface area (Å²) in [6.07, 6.45) is 0.474. The lowest BCUT2D eigenvalue weighted by atomic mass is 9.98. The second kappa shape index (κ2) is 7.34. The van der Waals surface area contributed by atoms with Gasteiger partial charge >= 0.3 is 0 Å². The van der Waals surface area contributed by atoms with Crippen LogP contribution < -0.4 is 5.32 Å². The zero-order chi connectivity index (χ0) is 15.4. The van der Waals surface area contributed by atoms with Crippen molar-refractivity contribution in [2.24, 2.45) is 0 Å². The fourth-order valence-electron chi connectivity index (χ4n) is 2.27. The predicted molar refractivity (Wildman–Crippen MR) is 85.6 cm³/mol. The maximum atomic E-state index is 14.1. The number of halogens is 4. The first-order chi connectivity index (χ1) is 10.0. The summed E-state index contributed by atoms with van der Waals surface area (Å²) in [5.41, 5.74) is 1.31. The van der Waals surface area contributed by atoms with E-state index in [4.69, 9.17) is 11.6 Å². The molecule has 0 aromatic heterocycles. The minimum absolute atomic E-state index is 0.0887. The van der Waals surface area contributed by atoms with Crippen LogP contribution in [-0.2, 0) is 6.42 Å². The first kappa shape index (κ1) is 16.4. The lowest BCUT2D eigenvalue weighted by Crippen LogP contribution is -2.24. The fourth-order valence-corrected chi connectivity index (χ4v) is 3.00. The van der Waals surface area contributed by atoms with E-state index in [1.807, 2.05) is 6.92 Å². The van der Waals surface area contributed by atoms with Gasteiger partial charge in [-0.3, -0.25) is 0 Å². The van der Waals surface area contributed by atoms with Gasteiger partial charge in [-0.1, -0.05) is 46.6 Å². The van der Waals surface area contributed by atoms with E-state index in [0.29, 0.717) is 23.0 Å². The number of benzene rings is 2. The predicted octanol–water partition coefficient (Wildman–Crippen LogP) is 5.27. The average molecular weight is 375 g/mol. The molecule has 1 unspecified atom stereocenters. The van der Waals surface area contributed by atoms with E-state index >= 15 is 0 Å². The van der Waals surface area contributed by atoms with E-state index < -0.39 is 5.82 Å². The van der Waals surface area contributed by atoms with E-state index in [9.17, 15) is 8.78 Å². The van der Waals surface area contributed by atoms with E-state index in [1.54, 1.807) is 18.2 Å². The van der Waals surface area contributed by atoms with Crippen molar-refractivity contribution < 1.29 is 8.78 Å². The molecule has 0 bridgehead atoms. The molecule has 1 N–H and O–H groups in total. The van der Waals surface area contributed by atoms with Crippen LogP contribution in [-0.4, -0.2) is 6.54 Å². The smallest absolute Gasteiger partial charge is 0.142 e. The van der Waals surface area contributed by atoms with Gasteiger partial charge in [-0.15, -0.1) is 0 Å². The molecule has 2 rings (SSSR count). The van der Waals surface area contributed by atoms with Crippen LogP contribution in [0.3, 0.4) is 0 Å². The summed E-state index contributed by atoms with van der Waals surface area (Å²) in [5, 5.41) is 3.33.